The maximum Gasteiger partial charge on any atom is 0.272 e. The number of likely N-dealkylation sites (N-methyl/N-ethyl adjacent to an activating group) is 1. The molecule has 4 aromatic rings. The zero-order chi connectivity index (χ0) is 32.7. The Bertz CT molecular complexity index is 1860. The molecule has 0 spiro atoms. The first-order valence-corrected chi connectivity index (χ1v) is 16.6. The van der Waals surface area contributed by atoms with Crippen LogP contribution in [0.2, 0.25) is 0 Å². The molecular weight excluding hydrogens is 594 g/mol. The summed E-state index contributed by atoms with van der Waals surface area (Å²) in [5.74, 6) is 1.41. The van der Waals surface area contributed by atoms with Gasteiger partial charge in [0.05, 0.1) is 30.3 Å². The van der Waals surface area contributed by atoms with E-state index in [4.69, 9.17) is 14.5 Å². The van der Waals surface area contributed by atoms with Crippen molar-refractivity contribution >= 4 is 44.2 Å². The number of carbonyl (C=O) groups is 1. The summed E-state index contributed by atoms with van der Waals surface area (Å²) in [5.41, 5.74) is 2.95. The molecule has 12 nitrogen and oxygen atoms in total. The molecule has 1 aliphatic heterocycles. The zero-order valence-electron chi connectivity index (χ0n) is 27.1. The Kier molecular flexibility index (Phi) is 8.69. The number of rotatable bonds is 8. The first kappa shape index (κ1) is 32.0. The normalized spacial score (nSPS) is 14.4. The second-order valence-corrected chi connectivity index (χ2v) is 14.3. The number of carbonyl (C=O) groups excluding carboxylic acids is 1. The minimum Gasteiger partial charge on any atom is -0.492 e. The Labute approximate surface area is 264 Å². The number of nitrogens with zero attached hydrogens (tertiary/aromatic N) is 5. The van der Waals surface area contributed by atoms with Crippen LogP contribution in [0.15, 0.2) is 42.5 Å². The van der Waals surface area contributed by atoms with E-state index >= 15 is 0 Å². The average Bonchev–Trinajstić information content (AvgIpc) is 3.29. The fourth-order valence-electron chi connectivity index (χ4n) is 5.35. The number of amides is 1. The van der Waals surface area contributed by atoms with Gasteiger partial charge in [0.25, 0.3) is 5.91 Å². The van der Waals surface area contributed by atoms with Gasteiger partial charge in [-0.25, -0.2) is 13.4 Å². The fourth-order valence-corrected chi connectivity index (χ4v) is 5.90. The lowest BCUT2D eigenvalue weighted by Gasteiger charge is -2.32. The third-order valence-corrected chi connectivity index (χ3v) is 8.36. The second-order valence-electron chi connectivity index (χ2n) is 12.5. The van der Waals surface area contributed by atoms with Crippen molar-refractivity contribution in [3.05, 3.63) is 59.4 Å². The second kappa shape index (κ2) is 12.2. The molecular formula is C32H41N7O5S. The maximum absolute atomic E-state index is 13.8. The SMILES string of the molecule is COc1c(NC(=O)c2cc3cccc(Oc4cc(C)nc(N5CCN(C)CC5)n4)c3n2C)cc(C(C)(C)C)cc1NS(C)(=O)=O. The van der Waals surface area contributed by atoms with Gasteiger partial charge in [-0.05, 0) is 49.2 Å². The maximum atomic E-state index is 13.8. The Balaban J connectivity index is 1.48. The van der Waals surface area contributed by atoms with E-state index in [9.17, 15) is 13.2 Å². The topological polar surface area (TPSA) is 131 Å². The molecule has 0 aliphatic carbocycles. The van der Waals surface area contributed by atoms with Crippen LogP contribution in [0.1, 0.15) is 42.5 Å². The lowest BCUT2D eigenvalue weighted by Crippen LogP contribution is -2.45. The van der Waals surface area contributed by atoms with Gasteiger partial charge in [-0.2, -0.15) is 4.98 Å². The molecule has 1 aliphatic rings. The van der Waals surface area contributed by atoms with Crippen LogP contribution in [-0.4, -0.2) is 80.4 Å². The number of benzene rings is 2. The van der Waals surface area contributed by atoms with Crippen LogP contribution < -0.4 is 24.4 Å². The number of fused-ring (bicyclic) bond motifs is 1. The van der Waals surface area contributed by atoms with Crippen molar-refractivity contribution in [2.24, 2.45) is 7.05 Å². The highest BCUT2D eigenvalue weighted by molar-refractivity contribution is 7.92. The van der Waals surface area contributed by atoms with E-state index in [1.807, 2.05) is 45.9 Å². The number of para-hydroxylation sites is 1. The molecule has 3 heterocycles. The van der Waals surface area contributed by atoms with Gasteiger partial charge in [0.1, 0.15) is 5.69 Å². The summed E-state index contributed by atoms with van der Waals surface area (Å²) in [4.78, 5) is 27.6. The van der Waals surface area contributed by atoms with Gasteiger partial charge in [-0.3, -0.25) is 9.52 Å². The van der Waals surface area contributed by atoms with E-state index in [2.05, 4.69) is 31.9 Å². The van der Waals surface area contributed by atoms with Crippen molar-refractivity contribution in [3.63, 3.8) is 0 Å². The Morgan fingerprint density at radius 2 is 1.67 bits per heavy atom. The number of piperazine rings is 1. The molecule has 1 amide bonds. The molecule has 2 aromatic carbocycles. The Hall–Kier alpha value is -4.36. The van der Waals surface area contributed by atoms with Crippen LogP contribution in [0, 0.1) is 6.92 Å². The largest absolute Gasteiger partial charge is 0.492 e. The van der Waals surface area contributed by atoms with Gasteiger partial charge in [-0.15, -0.1) is 0 Å². The summed E-state index contributed by atoms with van der Waals surface area (Å²) in [6, 6.07) is 12.7. The minimum absolute atomic E-state index is 0.208. The third-order valence-electron chi connectivity index (χ3n) is 7.77. The van der Waals surface area contributed by atoms with Gasteiger partial charge in [0.15, 0.2) is 11.5 Å². The first-order valence-electron chi connectivity index (χ1n) is 14.7. The van der Waals surface area contributed by atoms with E-state index < -0.39 is 15.9 Å². The summed E-state index contributed by atoms with van der Waals surface area (Å²) in [6.45, 7) is 11.5. The predicted molar refractivity (Wildman–Crippen MR) is 178 cm³/mol. The molecule has 13 heteroatoms. The number of sulfonamides is 1. The monoisotopic (exact) mass is 635 g/mol. The molecule has 0 radical (unpaired) electrons. The van der Waals surface area contributed by atoms with E-state index in [0.29, 0.717) is 29.0 Å². The van der Waals surface area contributed by atoms with Crippen molar-refractivity contribution in [2.75, 3.05) is 61.5 Å². The standard InChI is InChI=1S/C32H41N7O5S/c1-20-16-27(35-31(33-20)39-14-12-37(5)13-15-39)44-26-11-9-10-21-17-25(38(6)28(21)26)30(40)34-23-18-22(32(2,3)4)19-24(29(23)43-7)36-45(8,41)42/h9-11,16-19,36H,12-15H2,1-8H3,(H,34,40). The number of aromatic nitrogens is 3. The van der Waals surface area contributed by atoms with E-state index in [1.54, 1.807) is 35.9 Å². The van der Waals surface area contributed by atoms with Gasteiger partial charge >= 0.3 is 0 Å². The smallest absolute Gasteiger partial charge is 0.272 e. The van der Waals surface area contributed by atoms with Crippen molar-refractivity contribution in [2.45, 2.75) is 33.1 Å². The van der Waals surface area contributed by atoms with Gasteiger partial charge in [-0.1, -0.05) is 32.9 Å². The van der Waals surface area contributed by atoms with E-state index in [1.165, 1.54) is 7.11 Å². The summed E-state index contributed by atoms with van der Waals surface area (Å²) in [6.07, 6.45) is 1.07. The molecule has 2 N–H and O–H groups in total. The first-order chi connectivity index (χ1) is 21.1. The molecule has 0 unspecified atom stereocenters. The molecule has 2 aromatic heterocycles. The number of hydrogen-bond acceptors (Lipinski definition) is 9. The number of anilines is 3. The average molecular weight is 636 g/mol. The van der Waals surface area contributed by atoms with Gasteiger partial charge < -0.3 is 29.2 Å². The Morgan fingerprint density at radius 3 is 2.31 bits per heavy atom. The quantitative estimate of drug-likeness (QED) is 0.282. The summed E-state index contributed by atoms with van der Waals surface area (Å²) >= 11 is 0. The molecule has 240 valence electrons. The molecule has 1 fully saturated rings. The molecule has 5 rings (SSSR count). The van der Waals surface area contributed by atoms with Crippen LogP contribution in [-0.2, 0) is 22.5 Å². The fraction of sp³-hybridized carbons (Fsp3) is 0.406. The van der Waals surface area contributed by atoms with E-state index in [0.717, 1.165) is 54.6 Å². The number of ether oxygens (including phenoxy) is 2. The van der Waals surface area contributed by atoms with Crippen molar-refractivity contribution in [3.8, 4) is 17.4 Å². The predicted octanol–water partition coefficient (Wildman–Crippen LogP) is 4.75. The third kappa shape index (κ3) is 7.15. The number of hydrogen-bond donors (Lipinski definition) is 2. The number of aryl methyl sites for hydroxylation is 2. The van der Waals surface area contributed by atoms with Gasteiger partial charge in [0.2, 0.25) is 21.9 Å². The van der Waals surface area contributed by atoms with Crippen molar-refractivity contribution in [1.29, 1.82) is 0 Å². The van der Waals surface area contributed by atoms with Crippen LogP contribution >= 0.6 is 0 Å². The van der Waals surface area contributed by atoms with Crippen LogP contribution in [0.5, 0.6) is 17.4 Å². The lowest BCUT2D eigenvalue weighted by atomic mass is 9.86. The highest BCUT2D eigenvalue weighted by atomic mass is 32.2. The van der Waals surface area contributed by atoms with Crippen LogP contribution in [0.4, 0.5) is 17.3 Å². The molecule has 1 saturated heterocycles. The molecule has 0 saturated carbocycles. The molecule has 0 atom stereocenters. The van der Waals surface area contributed by atoms with Crippen LogP contribution in [0.25, 0.3) is 10.9 Å². The lowest BCUT2D eigenvalue weighted by molar-refractivity contribution is 0.101. The number of methoxy groups -OCH3 is 1. The highest BCUT2D eigenvalue weighted by Gasteiger charge is 2.24. The highest BCUT2D eigenvalue weighted by Crippen LogP contribution is 2.40. The summed E-state index contributed by atoms with van der Waals surface area (Å²) in [5, 5.41) is 3.76. The number of nitrogens with one attached hydrogen (secondary N) is 2. The van der Waals surface area contributed by atoms with Crippen LogP contribution in [0.3, 0.4) is 0 Å². The molecule has 45 heavy (non-hydrogen) atoms. The van der Waals surface area contributed by atoms with Crippen molar-refractivity contribution in [1.82, 2.24) is 19.4 Å². The van der Waals surface area contributed by atoms with Gasteiger partial charge in [0, 0.05) is 50.4 Å². The van der Waals surface area contributed by atoms with E-state index in [-0.39, 0.29) is 16.9 Å². The Morgan fingerprint density at radius 1 is 0.978 bits per heavy atom. The molecule has 0 bridgehead atoms. The zero-order valence-corrected chi connectivity index (χ0v) is 27.9. The summed E-state index contributed by atoms with van der Waals surface area (Å²) in [7, 11) is 1.72. The minimum atomic E-state index is -3.61. The summed E-state index contributed by atoms with van der Waals surface area (Å²) < 4.78 is 40.5. The van der Waals surface area contributed by atoms with Crippen molar-refractivity contribution < 1.29 is 22.7 Å².